The predicted octanol–water partition coefficient (Wildman–Crippen LogP) is 0.185. The highest BCUT2D eigenvalue weighted by atomic mass is 32.2. The molecule has 0 aliphatic heterocycles. The van der Waals surface area contributed by atoms with Gasteiger partial charge in [0, 0.05) is 17.7 Å². The van der Waals surface area contributed by atoms with Gasteiger partial charge in [0.1, 0.15) is 5.82 Å². The number of rotatable bonds is 3. The quantitative estimate of drug-likeness (QED) is 0.758. The van der Waals surface area contributed by atoms with Crippen LogP contribution in [0.2, 0.25) is 0 Å². The first-order valence-electron chi connectivity index (χ1n) is 4.84. The van der Waals surface area contributed by atoms with Gasteiger partial charge in [0.2, 0.25) is 10.0 Å². The summed E-state index contributed by atoms with van der Waals surface area (Å²) in [6.07, 6.45) is 1.02. The normalized spacial score (nSPS) is 10.8. The molecule has 1 aromatic carbocycles. The fourth-order valence-electron chi connectivity index (χ4n) is 1.15. The maximum atomic E-state index is 13.4. The zero-order valence-electron chi connectivity index (χ0n) is 9.33. The lowest BCUT2D eigenvalue weighted by molar-refractivity contribution is 0.579. The Morgan fingerprint density at radius 1 is 1.47 bits per heavy atom. The summed E-state index contributed by atoms with van der Waals surface area (Å²) in [5, 5.41) is 0. The van der Waals surface area contributed by atoms with Crippen molar-refractivity contribution in [3.63, 3.8) is 0 Å². The van der Waals surface area contributed by atoms with Crippen molar-refractivity contribution in [2.45, 2.75) is 6.54 Å². The van der Waals surface area contributed by atoms with Crippen molar-refractivity contribution in [1.82, 2.24) is 4.72 Å². The minimum Gasteiger partial charge on any atom is -0.320 e. The zero-order chi connectivity index (χ0) is 12.9. The average molecular weight is 256 g/mol. The monoisotopic (exact) mass is 256 g/mol. The van der Waals surface area contributed by atoms with Crippen LogP contribution in [0.4, 0.5) is 4.39 Å². The predicted molar refractivity (Wildman–Crippen MR) is 64.0 cm³/mol. The van der Waals surface area contributed by atoms with E-state index in [1.165, 1.54) is 18.2 Å². The topological polar surface area (TPSA) is 72.2 Å². The Labute approximate surface area is 100 Å². The standard InChI is InChI=1S/C11H13FN2O2S/c1-17(15,16)14-8-10-7-9(3-2-6-13)4-5-11(10)12/h4-5,7,14H,6,8,13H2,1H3. The summed E-state index contributed by atoms with van der Waals surface area (Å²) in [5.41, 5.74) is 6.07. The zero-order valence-corrected chi connectivity index (χ0v) is 10.1. The smallest absolute Gasteiger partial charge is 0.209 e. The molecule has 0 radical (unpaired) electrons. The van der Waals surface area contributed by atoms with Crippen molar-refractivity contribution in [3.05, 3.63) is 35.1 Å². The Hall–Kier alpha value is -1.42. The van der Waals surface area contributed by atoms with E-state index in [1.807, 2.05) is 0 Å². The highest BCUT2D eigenvalue weighted by Crippen LogP contribution is 2.10. The molecule has 0 spiro atoms. The Morgan fingerprint density at radius 3 is 2.76 bits per heavy atom. The highest BCUT2D eigenvalue weighted by Gasteiger charge is 2.06. The van der Waals surface area contributed by atoms with E-state index in [2.05, 4.69) is 16.6 Å². The van der Waals surface area contributed by atoms with Gasteiger partial charge in [-0.15, -0.1) is 0 Å². The number of halogens is 1. The molecule has 0 saturated heterocycles. The van der Waals surface area contributed by atoms with Gasteiger partial charge in [-0.1, -0.05) is 11.8 Å². The van der Waals surface area contributed by atoms with Crippen molar-refractivity contribution in [3.8, 4) is 11.8 Å². The molecular formula is C11H13FN2O2S. The lowest BCUT2D eigenvalue weighted by Crippen LogP contribution is -2.21. The Bertz CT molecular complexity index is 559. The van der Waals surface area contributed by atoms with Gasteiger partial charge < -0.3 is 5.73 Å². The van der Waals surface area contributed by atoms with Gasteiger partial charge in [-0.25, -0.2) is 17.5 Å². The van der Waals surface area contributed by atoms with Gasteiger partial charge >= 0.3 is 0 Å². The summed E-state index contributed by atoms with van der Waals surface area (Å²) in [5.74, 6) is 4.92. The lowest BCUT2D eigenvalue weighted by Gasteiger charge is -2.04. The summed E-state index contributed by atoms with van der Waals surface area (Å²) >= 11 is 0. The second kappa shape index (κ2) is 5.77. The first-order chi connectivity index (χ1) is 7.92. The molecule has 0 saturated carbocycles. The van der Waals surface area contributed by atoms with Gasteiger partial charge in [0.15, 0.2) is 0 Å². The van der Waals surface area contributed by atoms with Crippen LogP contribution in [0.3, 0.4) is 0 Å². The van der Waals surface area contributed by atoms with Gasteiger partial charge in [-0.3, -0.25) is 0 Å². The summed E-state index contributed by atoms with van der Waals surface area (Å²) in [4.78, 5) is 0. The van der Waals surface area contributed by atoms with E-state index >= 15 is 0 Å². The van der Waals surface area contributed by atoms with E-state index in [-0.39, 0.29) is 18.7 Å². The number of nitrogens with one attached hydrogen (secondary N) is 1. The molecule has 6 heteroatoms. The fourth-order valence-corrected chi connectivity index (χ4v) is 1.57. The Kier molecular flexibility index (Phi) is 4.63. The third kappa shape index (κ3) is 4.95. The molecule has 0 fully saturated rings. The largest absolute Gasteiger partial charge is 0.320 e. The fraction of sp³-hybridized carbons (Fsp3) is 0.273. The van der Waals surface area contributed by atoms with E-state index in [0.29, 0.717) is 5.56 Å². The molecule has 0 aliphatic rings. The van der Waals surface area contributed by atoms with Crippen LogP contribution in [0.25, 0.3) is 0 Å². The number of hydrogen-bond acceptors (Lipinski definition) is 3. The molecule has 0 aromatic heterocycles. The Balaban J connectivity index is 2.91. The Morgan fingerprint density at radius 2 is 2.18 bits per heavy atom. The van der Waals surface area contributed by atoms with Crippen LogP contribution < -0.4 is 10.5 Å². The summed E-state index contributed by atoms with van der Waals surface area (Å²) in [6.45, 7) is 0.122. The molecule has 0 bridgehead atoms. The van der Waals surface area contributed by atoms with Crippen molar-refractivity contribution in [2.75, 3.05) is 12.8 Å². The maximum absolute atomic E-state index is 13.4. The summed E-state index contributed by atoms with van der Waals surface area (Å²) < 4.78 is 37.4. The first kappa shape index (κ1) is 13.6. The van der Waals surface area contributed by atoms with E-state index in [0.717, 1.165) is 6.26 Å². The number of hydrogen-bond donors (Lipinski definition) is 2. The van der Waals surface area contributed by atoms with Crippen molar-refractivity contribution >= 4 is 10.0 Å². The molecular weight excluding hydrogens is 243 g/mol. The van der Waals surface area contributed by atoms with Gasteiger partial charge in [-0.2, -0.15) is 0 Å². The molecule has 92 valence electrons. The molecule has 1 aromatic rings. The lowest BCUT2D eigenvalue weighted by atomic mass is 10.1. The van der Waals surface area contributed by atoms with Crippen molar-refractivity contribution in [1.29, 1.82) is 0 Å². The average Bonchev–Trinajstić information content (AvgIpc) is 2.25. The second-order valence-electron chi connectivity index (χ2n) is 3.41. The number of nitrogens with two attached hydrogens (primary N) is 1. The minimum atomic E-state index is -3.34. The van der Waals surface area contributed by atoms with Crippen molar-refractivity contribution in [2.24, 2.45) is 5.73 Å². The summed E-state index contributed by atoms with van der Waals surface area (Å²) in [7, 11) is -3.34. The number of benzene rings is 1. The molecule has 4 nitrogen and oxygen atoms in total. The highest BCUT2D eigenvalue weighted by molar-refractivity contribution is 7.88. The minimum absolute atomic E-state index is 0.0944. The van der Waals surface area contributed by atoms with E-state index in [1.54, 1.807) is 0 Å². The summed E-state index contributed by atoms with van der Waals surface area (Å²) in [6, 6.07) is 4.26. The molecule has 3 N–H and O–H groups in total. The molecule has 0 atom stereocenters. The van der Waals surface area contributed by atoms with Crippen LogP contribution in [0.15, 0.2) is 18.2 Å². The van der Waals surface area contributed by atoms with Gasteiger partial charge in [0.25, 0.3) is 0 Å². The first-order valence-corrected chi connectivity index (χ1v) is 6.73. The van der Waals surface area contributed by atoms with Crippen LogP contribution in [-0.2, 0) is 16.6 Å². The van der Waals surface area contributed by atoms with Crippen LogP contribution in [0.1, 0.15) is 11.1 Å². The maximum Gasteiger partial charge on any atom is 0.209 e. The third-order valence-electron chi connectivity index (χ3n) is 1.91. The molecule has 0 aliphatic carbocycles. The third-order valence-corrected chi connectivity index (χ3v) is 2.57. The van der Waals surface area contributed by atoms with Crippen molar-refractivity contribution < 1.29 is 12.8 Å². The van der Waals surface area contributed by atoms with Crippen LogP contribution in [0, 0.1) is 17.7 Å². The van der Waals surface area contributed by atoms with Crippen LogP contribution in [0.5, 0.6) is 0 Å². The molecule has 1 rings (SSSR count). The molecule has 0 heterocycles. The van der Waals surface area contributed by atoms with E-state index in [4.69, 9.17) is 5.73 Å². The molecule has 17 heavy (non-hydrogen) atoms. The SMILES string of the molecule is CS(=O)(=O)NCc1cc(C#CCN)ccc1F. The van der Waals surface area contributed by atoms with E-state index < -0.39 is 15.8 Å². The molecule has 0 amide bonds. The number of sulfonamides is 1. The molecule has 0 unspecified atom stereocenters. The van der Waals surface area contributed by atoms with Crippen LogP contribution >= 0.6 is 0 Å². The second-order valence-corrected chi connectivity index (χ2v) is 5.24. The van der Waals surface area contributed by atoms with Crippen LogP contribution in [-0.4, -0.2) is 21.2 Å². The van der Waals surface area contributed by atoms with Gasteiger partial charge in [-0.05, 0) is 18.2 Å². The van der Waals surface area contributed by atoms with Gasteiger partial charge in [0.05, 0.1) is 12.8 Å². The van der Waals surface area contributed by atoms with E-state index in [9.17, 15) is 12.8 Å².